The van der Waals surface area contributed by atoms with Crippen LogP contribution in [-0.4, -0.2) is 78.2 Å². The van der Waals surface area contributed by atoms with Crippen LogP contribution in [0.25, 0.3) is 0 Å². The molecule has 1 aliphatic heterocycles. The molecule has 44 heavy (non-hydrogen) atoms. The second-order valence-electron chi connectivity index (χ2n) is 11.7. The molecule has 1 aliphatic rings. The number of hydrogen-bond acceptors (Lipinski definition) is 7. The first-order valence-corrected chi connectivity index (χ1v) is 14.6. The number of rotatable bonds is 9. The number of hydrogen-bond donors (Lipinski definition) is 4. The summed E-state index contributed by atoms with van der Waals surface area (Å²) in [4.78, 5) is 47.2. The van der Waals surface area contributed by atoms with Crippen LogP contribution in [0.2, 0.25) is 0 Å². The molecule has 1 fully saturated rings. The molecular weight excluding hydrogens is 565 g/mol. The monoisotopic (exact) mass is 605 g/mol. The highest BCUT2D eigenvalue weighted by molar-refractivity contribution is 6.05. The van der Waals surface area contributed by atoms with Gasteiger partial charge in [-0.2, -0.15) is 0 Å². The van der Waals surface area contributed by atoms with Crippen LogP contribution in [0.3, 0.4) is 0 Å². The van der Waals surface area contributed by atoms with Crippen LogP contribution in [0.1, 0.15) is 49.3 Å². The minimum absolute atomic E-state index is 0.155. The summed E-state index contributed by atoms with van der Waals surface area (Å²) in [5, 5.41) is 11.1. The SMILES string of the molecule is CN1CCN(CCC(NC(=O)Nc2cccc(F)c2)c2ccc(C(=O)Nc3ccccc3NC(=O)OC(C)(C)C)nc2)CC1. The van der Waals surface area contributed by atoms with E-state index in [1.54, 1.807) is 69.4 Å². The Hall–Kier alpha value is -4.55. The number of aromatic nitrogens is 1. The Morgan fingerprint density at radius 2 is 1.64 bits per heavy atom. The normalized spacial score (nSPS) is 14.8. The van der Waals surface area contributed by atoms with Crippen molar-refractivity contribution < 1.29 is 23.5 Å². The van der Waals surface area contributed by atoms with Gasteiger partial charge in [0.2, 0.25) is 0 Å². The highest BCUT2D eigenvalue weighted by Gasteiger charge is 2.21. The van der Waals surface area contributed by atoms with Gasteiger partial charge >= 0.3 is 12.1 Å². The molecule has 0 radical (unpaired) electrons. The molecule has 4 N–H and O–H groups in total. The number of carbonyl (C=O) groups excluding carboxylic acids is 3. The maximum atomic E-state index is 13.6. The molecule has 0 saturated carbocycles. The molecule has 3 aromatic rings. The van der Waals surface area contributed by atoms with Gasteiger partial charge in [-0.05, 0) is 76.2 Å². The summed E-state index contributed by atoms with van der Waals surface area (Å²) in [5.74, 6) is -0.920. The fraction of sp³-hybridized carbons (Fsp3) is 0.375. The van der Waals surface area contributed by atoms with E-state index in [1.807, 2.05) is 0 Å². The van der Waals surface area contributed by atoms with Crippen molar-refractivity contribution >= 4 is 35.1 Å². The number of piperazine rings is 1. The van der Waals surface area contributed by atoms with Gasteiger partial charge in [0.25, 0.3) is 5.91 Å². The first-order chi connectivity index (χ1) is 20.9. The molecule has 12 heteroatoms. The molecule has 4 rings (SSSR count). The Morgan fingerprint density at radius 1 is 0.932 bits per heavy atom. The van der Waals surface area contributed by atoms with E-state index >= 15 is 0 Å². The lowest BCUT2D eigenvalue weighted by Gasteiger charge is -2.33. The largest absolute Gasteiger partial charge is 0.444 e. The van der Waals surface area contributed by atoms with Crippen molar-refractivity contribution in [3.8, 4) is 0 Å². The Bertz CT molecular complexity index is 1440. The zero-order valence-corrected chi connectivity index (χ0v) is 25.5. The summed E-state index contributed by atoms with van der Waals surface area (Å²) in [6.07, 6.45) is 1.53. The van der Waals surface area contributed by atoms with Crippen LogP contribution in [0, 0.1) is 5.82 Å². The summed E-state index contributed by atoms with van der Waals surface area (Å²) in [7, 11) is 2.10. The highest BCUT2D eigenvalue weighted by atomic mass is 19.1. The number of para-hydroxylation sites is 2. The van der Waals surface area contributed by atoms with Gasteiger partial charge in [-0.25, -0.2) is 14.0 Å². The van der Waals surface area contributed by atoms with E-state index in [4.69, 9.17) is 4.74 Å². The number of likely N-dealkylation sites (N-methyl/N-ethyl adjacent to an activating group) is 1. The second kappa shape index (κ2) is 14.8. The van der Waals surface area contributed by atoms with Crippen molar-refractivity contribution in [3.63, 3.8) is 0 Å². The third-order valence-electron chi connectivity index (χ3n) is 6.95. The molecular formula is C32H40FN7O4. The van der Waals surface area contributed by atoms with E-state index in [1.165, 1.54) is 18.2 Å². The average Bonchev–Trinajstić information content (AvgIpc) is 2.96. The fourth-order valence-electron chi connectivity index (χ4n) is 4.64. The fourth-order valence-corrected chi connectivity index (χ4v) is 4.64. The van der Waals surface area contributed by atoms with E-state index in [2.05, 4.69) is 43.1 Å². The number of nitrogens with one attached hydrogen (secondary N) is 4. The Labute approximate surface area is 257 Å². The number of urea groups is 1. The predicted octanol–water partition coefficient (Wildman–Crippen LogP) is 5.32. The van der Waals surface area contributed by atoms with Gasteiger partial charge < -0.3 is 30.5 Å². The number of amides is 4. The molecule has 2 aromatic carbocycles. The standard InChI is InChI=1S/C32H40FN7O4/c1-32(2,3)44-31(43)38-27-11-6-5-10-26(27)36-29(41)28-13-12-22(21-34-28)25(14-15-40-18-16-39(4)17-19-40)37-30(42)35-24-9-7-8-23(33)20-24/h5-13,20-21,25H,14-19H2,1-4H3,(H,36,41)(H,38,43)(H2,35,37,42). The molecule has 1 atom stereocenters. The number of benzene rings is 2. The van der Waals surface area contributed by atoms with Crippen molar-refractivity contribution in [1.82, 2.24) is 20.1 Å². The van der Waals surface area contributed by atoms with Gasteiger partial charge in [-0.1, -0.05) is 24.3 Å². The maximum absolute atomic E-state index is 13.6. The summed E-state index contributed by atoms with van der Waals surface area (Å²) in [6, 6.07) is 14.9. The molecule has 0 aliphatic carbocycles. The molecule has 2 heterocycles. The van der Waals surface area contributed by atoms with E-state index in [0.29, 0.717) is 23.5 Å². The highest BCUT2D eigenvalue weighted by Crippen LogP contribution is 2.24. The molecule has 4 amide bonds. The third-order valence-corrected chi connectivity index (χ3v) is 6.95. The number of pyridine rings is 1. The minimum Gasteiger partial charge on any atom is -0.444 e. The quantitative estimate of drug-likeness (QED) is 0.260. The smallest absolute Gasteiger partial charge is 0.412 e. The number of ether oxygens (including phenoxy) is 1. The van der Waals surface area contributed by atoms with E-state index in [-0.39, 0.29) is 5.69 Å². The number of nitrogens with zero attached hydrogens (tertiary/aromatic N) is 3. The first-order valence-electron chi connectivity index (χ1n) is 14.6. The third kappa shape index (κ3) is 10.0. The van der Waals surface area contributed by atoms with Gasteiger partial charge in [0.05, 0.1) is 17.4 Å². The number of halogens is 1. The molecule has 1 saturated heterocycles. The molecule has 0 bridgehead atoms. The van der Waals surface area contributed by atoms with Crippen LogP contribution in [-0.2, 0) is 4.74 Å². The summed E-state index contributed by atoms with van der Waals surface area (Å²) < 4.78 is 19.0. The van der Waals surface area contributed by atoms with Crippen molar-refractivity contribution in [2.75, 3.05) is 55.7 Å². The second-order valence-corrected chi connectivity index (χ2v) is 11.7. The van der Waals surface area contributed by atoms with Crippen LogP contribution in [0.15, 0.2) is 66.9 Å². The van der Waals surface area contributed by atoms with Crippen LogP contribution < -0.4 is 21.3 Å². The van der Waals surface area contributed by atoms with Gasteiger partial charge in [0.15, 0.2) is 0 Å². The predicted molar refractivity (Wildman–Crippen MR) is 168 cm³/mol. The van der Waals surface area contributed by atoms with Crippen LogP contribution in [0.5, 0.6) is 0 Å². The van der Waals surface area contributed by atoms with Crippen LogP contribution in [0.4, 0.5) is 31.0 Å². The van der Waals surface area contributed by atoms with Gasteiger partial charge in [0.1, 0.15) is 17.1 Å². The molecule has 11 nitrogen and oxygen atoms in total. The van der Waals surface area contributed by atoms with Crippen molar-refractivity contribution in [1.29, 1.82) is 0 Å². The average molecular weight is 606 g/mol. The lowest BCUT2D eigenvalue weighted by molar-refractivity contribution is 0.0635. The minimum atomic E-state index is -0.675. The molecule has 0 spiro atoms. The van der Waals surface area contributed by atoms with Crippen LogP contribution >= 0.6 is 0 Å². The van der Waals surface area contributed by atoms with Gasteiger partial charge in [-0.15, -0.1) is 0 Å². The first kappa shape index (κ1) is 32.4. The number of anilines is 3. The Morgan fingerprint density at radius 3 is 2.27 bits per heavy atom. The Balaban J connectivity index is 1.44. The van der Waals surface area contributed by atoms with E-state index in [9.17, 15) is 18.8 Å². The zero-order valence-electron chi connectivity index (χ0n) is 25.5. The maximum Gasteiger partial charge on any atom is 0.412 e. The van der Waals surface area contributed by atoms with Crippen molar-refractivity contribution in [3.05, 3.63) is 83.9 Å². The zero-order chi connectivity index (χ0) is 31.7. The number of carbonyl (C=O) groups is 3. The summed E-state index contributed by atoms with van der Waals surface area (Å²) in [6.45, 7) is 9.85. The van der Waals surface area contributed by atoms with Gasteiger partial charge in [-0.3, -0.25) is 15.1 Å². The van der Waals surface area contributed by atoms with Gasteiger partial charge in [0, 0.05) is 44.6 Å². The molecule has 1 aromatic heterocycles. The van der Waals surface area contributed by atoms with E-state index in [0.717, 1.165) is 38.3 Å². The Kier molecular flexibility index (Phi) is 10.9. The molecule has 234 valence electrons. The van der Waals surface area contributed by atoms with Crippen molar-refractivity contribution in [2.24, 2.45) is 0 Å². The topological polar surface area (TPSA) is 128 Å². The van der Waals surface area contributed by atoms with Crippen molar-refractivity contribution in [2.45, 2.75) is 38.8 Å². The van der Waals surface area contributed by atoms with E-state index < -0.39 is 35.5 Å². The summed E-state index contributed by atoms with van der Waals surface area (Å²) in [5.41, 5.74) is 1.30. The lowest BCUT2D eigenvalue weighted by atomic mass is 10.0. The summed E-state index contributed by atoms with van der Waals surface area (Å²) >= 11 is 0. The lowest BCUT2D eigenvalue weighted by Crippen LogP contribution is -2.45. The molecule has 1 unspecified atom stereocenters.